The van der Waals surface area contributed by atoms with Crippen LogP contribution in [0.25, 0.3) is 0 Å². The fraction of sp³-hybridized carbons (Fsp3) is 0.462. The molecule has 1 aromatic carbocycles. The van der Waals surface area contributed by atoms with Crippen molar-refractivity contribution in [1.29, 1.82) is 0 Å². The second-order valence-electron chi connectivity index (χ2n) is 4.73. The summed E-state index contributed by atoms with van der Waals surface area (Å²) in [6.07, 6.45) is 2.03. The fourth-order valence-electron chi connectivity index (χ4n) is 1.15. The van der Waals surface area contributed by atoms with Crippen molar-refractivity contribution < 1.29 is 0 Å². The average molecular weight is 189 g/mol. The first-order valence-electron chi connectivity index (χ1n) is 5.08. The molecule has 1 nitrogen and oxygen atoms in total. The highest BCUT2D eigenvalue weighted by Gasteiger charge is 2.07. The number of hydrogen-bond donors (Lipinski definition) is 0. The van der Waals surface area contributed by atoms with Crippen molar-refractivity contribution in [2.75, 3.05) is 0 Å². The Morgan fingerprint density at radius 2 is 1.71 bits per heavy atom. The Morgan fingerprint density at radius 3 is 2.21 bits per heavy atom. The van der Waals surface area contributed by atoms with Crippen LogP contribution in [0.3, 0.4) is 0 Å². The monoisotopic (exact) mass is 189 g/mol. The van der Waals surface area contributed by atoms with Gasteiger partial charge in [0.05, 0.1) is 6.04 Å². The van der Waals surface area contributed by atoms with Gasteiger partial charge in [-0.15, -0.1) is 0 Å². The van der Waals surface area contributed by atoms with Crippen LogP contribution in [0.5, 0.6) is 0 Å². The minimum atomic E-state index is 0.170. The zero-order chi connectivity index (χ0) is 10.6. The van der Waals surface area contributed by atoms with Gasteiger partial charge in [-0.1, -0.05) is 51.1 Å². The van der Waals surface area contributed by atoms with E-state index >= 15 is 0 Å². The van der Waals surface area contributed by atoms with E-state index in [1.165, 1.54) is 5.56 Å². The van der Waals surface area contributed by atoms with Crippen LogP contribution < -0.4 is 0 Å². The molecule has 76 valence electrons. The van der Waals surface area contributed by atoms with Crippen molar-refractivity contribution in [3.63, 3.8) is 0 Å². The maximum Gasteiger partial charge on any atom is 0.0717 e. The second kappa shape index (κ2) is 4.41. The van der Waals surface area contributed by atoms with Gasteiger partial charge in [0.25, 0.3) is 0 Å². The summed E-state index contributed by atoms with van der Waals surface area (Å²) in [5.41, 5.74) is 1.44. The molecule has 0 spiro atoms. The predicted octanol–water partition coefficient (Wildman–Crippen LogP) is 3.86. The molecule has 0 heterocycles. The Labute approximate surface area is 86.9 Å². The van der Waals surface area contributed by atoms with Gasteiger partial charge >= 0.3 is 0 Å². The summed E-state index contributed by atoms with van der Waals surface area (Å²) in [5, 5.41) is 0. The molecule has 0 radical (unpaired) electrons. The molecule has 0 bridgehead atoms. The molecule has 14 heavy (non-hydrogen) atoms. The molecule has 0 aliphatic rings. The van der Waals surface area contributed by atoms with Crippen molar-refractivity contribution in [2.45, 2.75) is 33.7 Å². The van der Waals surface area contributed by atoms with E-state index in [0.717, 1.165) is 0 Å². The topological polar surface area (TPSA) is 12.4 Å². The maximum absolute atomic E-state index is 4.54. The number of benzene rings is 1. The molecule has 1 aromatic rings. The van der Waals surface area contributed by atoms with Crippen molar-refractivity contribution in [3.8, 4) is 0 Å². The number of aliphatic imine (C=N–C) groups is 1. The molecule has 0 saturated carbocycles. The van der Waals surface area contributed by atoms with Gasteiger partial charge in [-0.3, -0.25) is 4.99 Å². The molecule has 0 aliphatic heterocycles. The summed E-state index contributed by atoms with van der Waals surface area (Å²) in [4.78, 5) is 4.54. The molecule has 0 N–H and O–H groups in total. The molecule has 1 unspecified atom stereocenters. The first-order valence-corrected chi connectivity index (χ1v) is 5.08. The standard InChI is InChI=1S/C13H19N/c1-11(14-10-13(2,3)4)12-8-6-5-7-9-12/h5-11H,1-4H3. The molecule has 1 atom stereocenters. The van der Waals surface area contributed by atoms with Gasteiger partial charge in [0, 0.05) is 6.21 Å². The number of rotatable bonds is 2. The lowest BCUT2D eigenvalue weighted by molar-refractivity contribution is 0.599. The molecule has 0 amide bonds. The number of nitrogens with zero attached hydrogens (tertiary/aromatic N) is 1. The summed E-state index contributed by atoms with van der Waals surface area (Å²) in [6.45, 7) is 8.61. The Bertz CT molecular complexity index is 293. The van der Waals surface area contributed by atoms with Crippen LogP contribution in [0.15, 0.2) is 35.3 Å². The third kappa shape index (κ3) is 3.73. The van der Waals surface area contributed by atoms with E-state index in [1.54, 1.807) is 0 Å². The Hall–Kier alpha value is -1.11. The molecular formula is C13H19N. The summed E-state index contributed by atoms with van der Waals surface area (Å²) >= 11 is 0. The van der Waals surface area contributed by atoms with Gasteiger partial charge in [-0.05, 0) is 17.9 Å². The highest BCUT2D eigenvalue weighted by atomic mass is 14.8. The maximum atomic E-state index is 4.54. The van der Waals surface area contributed by atoms with Gasteiger partial charge in [0.2, 0.25) is 0 Å². The Kier molecular flexibility index (Phi) is 3.45. The SMILES string of the molecule is CC(N=CC(C)(C)C)c1ccccc1. The minimum absolute atomic E-state index is 0.170. The smallest absolute Gasteiger partial charge is 0.0717 e. The minimum Gasteiger partial charge on any atom is -0.289 e. The fourth-order valence-corrected chi connectivity index (χ4v) is 1.15. The van der Waals surface area contributed by atoms with E-state index in [0.29, 0.717) is 0 Å². The molecule has 1 rings (SSSR count). The summed E-state index contributed by atoms with van der Waals surface area (Å²) in [5.74, 6) is 0. The van der Waals surface area contributed by atoms with Crippen LogP contribution in [0.2, 0.25) is 0 Å². The van der Waals surface area contributed by atoms with Crippen molar-refractivity contribution in [1.82, 2.24) is 0 Å². The quantitative estimate of drug-likeness (QED) is 0.626. The molecule has 0 fully saturated rings. The first kappa shape index (κ1) is 11.0. The van der Waals surface area contributed by atoms with Gasteiger partial charge in [0.15, 0.2) is 0 Å². The van der Waals surface area contributed by atoms with Gasteiger partial charge in [-0.25, -0.2) is 0 Å². The van der Waals surface area contributed by atoms with Crippen LogP contribution in [0.1, 0.15) is 39.3 Å². The molecule has 0 saturated heterocycles. The van der Waals surface area contributed by atoms with Gasteiger partial charge in [0.1, 0.15) is 0 Å². The lowest BCUT2D eigenvalue weighted by Gasteiger charge is -2.13. The van der Waals surface area contributed by atoms with Crippen LogP contribution >= 0.6 is 0 Å². The highest BCUT2D eigenvalue weighted by Crippen LogP contribution is 2.17. The zero-order valence-corrected chi connectivity index (χ0v) is 9.49. The average Bonchev–Trinajstić information content (AvgIpc) is 2.14. The molecule has 1 heteroatoms. The molecule has 0 aliphatic carbocycles. The van der Waals surface area contributed by atoms with Crippen molar-refractivity contribution >= 4 is 6.21 Å². The predicted molar refractivity (Wildman–Crippen MR) is 62.8 cm³/mol. The van der Waals surface area contributed by atoms with Crippen molar-refractivity contribution in [2.24, 2.45) is 10.4 Å². The van der Waals surface area contributed by atoms with E-state index in [2.05, 4.69) is 57.0 Å². The second-order valence-corrected chi connectivity index (χ2v) is 4.73. The summed E-state index contributed by atoms with van der Waals surface area (Å²) < 4.78 is 0. The number of hydrogen-bond acceptors (Lipinski definition) is 1. The van der Waals surface area contributed by atoms with Crippen LogP contribution in [-0.2, 0) is 0 Å². The van der Waals surface area contributed by atoms with Gasteiger partial charge < -0.3 is 0 Å². The van der Waals surface area contributed by atoms with Crippen LogP contribution in [-0.4, -0.2) is 6.21 Å². The lowest BCUT2D eigenvalue weighted by Crippen LogP contribution is -2.07. The van der Waals surface area contributed by atoms with E-state index < -0.39 is 0 Å². The van der Waals surface area contributed by atoms with E-state index in [9.17, 15) is 0 Å². The van der Waals surface area contributed by atoms with Crippen LogP contribution in [0.4, 0.5) is 0 Å². The normalized spacial score (nSPS) is 14.6. The third-order valence-corrected chi connectivity index (χ3v) is 1.97. The van der Waals surface area contributed by atoms with Gasteiger partial charge in [-0.2, -0.15) is 0 Å². The third-order valence-electron chi connectivity index (χ3n) is 1.97. The molecular weight excluding hydrogens is 170 g/mol. The summed E-state index contributed by atoms with van der Waals surface area (Å²) in [7, 11) is 0. The van der Waals surface area contributed by atoms with E-state index in [-0.39, 0.29) is 11.5 Å². The largest absolute Gasteiger partial charge is 0.289 e. The van der Waals surface area contributed by atoms with E-state index in [4.69, 9.17) is 0 Å². The van der Waals surface area contributed by atoms with Crippen molar-refractivity contribution in [3.05, 3.63) is 35.9 Å². The van der Waals surface area contributed by atoms with Crippen LogP contribution in [0, 0.1) is 5.41 Å². The Balaban J connectivity index is 2.69. The highest BCUT2D eigenvalue weighted by molar-refractivity contribution is 5.64. The lowest BCUT2D eigenvalue weighted by atomic mass is 9.99. The summed E-state index contributed by atoms with van der Waals surface area (Å²) in [6, 6.07) is 10.6. The Morgan fingerprint density at radius 1 is 1.14 bits per heavy atom. The van der Waals surface area contributed by atoms with E-state index in [1.807, 2.05) is 12.3 Å². The molecule has 0 aromatic heterocycles. The zero-order valence-electron chi connectivity index (χ0n) is 9.49. The first-order chi connectivity index (χ1) is 6.49.